The number of carboxylic acids is 1. The molecule has 0 aliphatic carbocycles. The number of carboxylic acid groups (broad SMARTS) is 1. The molecule has 2 N–H and O–H groups in total. The predicted octanol–water partition coefficient (Wildman–Crippen LogP) is 0.901. The van der Waals surface area contributed by atoms with Crippen LogP contribution in [0, 0.1) is 0 Å². The van der Waals surface area contributed by atoms with Crippen LogP contribution in [0.15, 0.2) is 6.33 Å². The van der Waals surface area contributed by atoms with Crippen molar-refractivity contribution in [2.45, 2.75) is 45.7 Å². The zero-order valence-electron chi connectivity index (χ0n) is 10.8. The highest BCUT2D eigenvalue weighted by Crippen LogP contribution is 2.14. The molecule has 100 valence electrons. The number of hydrogen-bond acceptors (Lipinski definition) is 4. The van der Waals surface area contributed by atoms with E-state index < -0.39 is 5.97 Å². The van der Waals surface area contributed by atoms with Gasteiger partial charge in [-0.3, -0.25) is 9.59 Å². The summed E-state index contributed by atoms with van der Waals surface area (Å²) in [6.07, 6.45) is 1.41. The van der Waals surface area contributed by atoms with Crippen LogP contribution < -0.4 is 5.32 Å². The molecule has 1 aromatic heterocycles. The largest absolute Gasteiger partial charge is 0.481 e. The predicted molar refractivity (Wildman–Crippen MR) is 63.8 cm³/mol. The highest BCUT2D eigenvalue weighted by atomic mass is 16.4. The Balaban J connectivity index is 2.59. The van der Waals surface area contributed by atoms with Crippen molar-refractivity contribution >= 4 is 11.9 Å². The summed E-state index contributed by atoms with van der Waals surface area (Å²) in [7, 11) is 0. The van der Waals surface area contributed by atoms with Gasteiger partial charge in [0.1, 0.15) is 6.33 Å². The Morgan fingerprint density at radius 3 is 2.61 bits per heavy atom. The van der Waals surface area contributed by atoms with Crippen molar-refractivity contribution in [1.29, 1.82) is 0 Å². The second kappa shape index (κ2) is 6.13. The molecule has 1 amide bonds. The Morgan fingerprint density at radius 2 is 2.06 bits per heavy atom. The van der Waals surface area contributed by atoms with Gasteiger partial charge >= 0.3 is 5.97 Å². The van der Waals surface area contributed by atoms with E-state index >= 15 is 0 Å². The lowest BCUT2D eigenvalue weighted by molar-refractivity contribution is -0.138. The topological polar surface area (TPSA) is 97.1 Å². The molecular weight excluding hydrogens is 236 g/mol. The van der Waals surface area contributed by atoms with Crippen LogP contribution >= 0.6 is 0 Å². The Labute approximate surface area is 105 Å². The molecule has 0 saturated carbocycles. The van der Waals surface area contributed by atoms with Crippen molar-refractivity contribution in [3.05, 3.63) is 12.2 Å². The first-order chi connectivity index (χ1) is 8.41. The summed E-state index contributed by atoms with van der Waals surface area (Å²) in [6, 6.07) is -0.0930. The van der Waals surface area contributed by atoms with Crippen LogP contribution in [0.2, 0.25) is 0 Å². The number of nitrogens with zero attached hydrogens (tertiary/aromatic N) is 3. The van der Waals surface area contributed by atoms with Crippen molar-refractivity contribution in [1.82, 2.24) is 20.1 Å². The van der Waals surface area contributed by atoms with Gasteiger partial charge in [0.2, 0.25) is 5.91 Å². The van der Waals surface area contributed by atoms with Crippen LogP contribution in [0.3, 0.4) is 0 Å². The molecule has 7 nitrogen and oxygen atoms in total. The molecule has 18 heavy (non-hydrogen) atoms. The Kier molecular flexibility index (Phi) is 4.82. The summed E-state index contributed by atoms with van der Waals surface area (Å²) >= 11 is 0. The molecule has 0 aromatic carbocycles. The van der Waals surface area contributed by atoms with E-state index in [0.717, 1.165) is 0 Å². The van der Waals surface area contributed by atoms with E-state index in [9.17, 15) is 9.59 Å². The fourth-order valence-electron chi connectivity index (χ4n) is 1.56. The van der Waals surface area contributed by atoms with Gasteiger partial charge in [-0.2, -0.15) is 0 Å². The maximum absolute atomic E-state index is 11.5. The number of rotatable bonds is 6. The molecule has 0 fully saturated rings. The average molecular weight is 254 g/mol. The first-order valence-electron chi connectivity index (χ1n) is 5.82. The molecule has 1 rings (SSSR count). The second-order valence-electron chi connectivity index (χ2n) is 4.37. The zero-order valence-corrected chi connectivity index (χ0v) is 10.8. The van der Waals surface area contributed by atoms with Gasteiger partial charge < -0.3 is 15.0 Å². The Morgan fingerprint density at radius 1 is 1.39 bits per heavy atom. The summed E-state index contributed by atoms with van der Waals surface area (Å²) in [5, 5.41) is 19.0. The molecule has 1 atom stereocenters. The first kappa shape index (κ1) is 14.1. The van der Waals surface area contributed by atoms with Crippen LogP contribution in [0.25, 0.3) is 0 Å². The Hall–Kier alpha value is -1.92. The highest BCUT2D eigenvalue weighted by Gasteiger charge is 2.17. The fraction of sp³-hybridized carbons (Fsp3) is 0.636. The molecule has 0 aliphatic rings. The molecule has 0 bridgehead atoms. The van der Waals surface area contributed by atoms with Gasteiger partial charge in [-0.05, 0) is 20.8 Å². The monoisotopic (exact) mass is 254 g/mol. The van der Waals surface area contributed by atoms with Crippen molar-refractivity contribution in [2.75, 3.05) is 0 Å². The molecule has 0 aliphatic heterocycles. The molecule has 0 radical (unpaired) electrons. The number of aromatic nitrogens is 3. The third-order valence-corrected chi connectivity index (χ3v) is 2.49. The van der Waals surface area contributed by atoms with Gasteiger partial charge in [0.15, 0.2) is 5.82 Å². The third-order valence-electron chi connectivity index (χ3n) is 2.49. The van der Waals surface area contributed by atoms with Crippen LogP contribution in [0.1, 0.15) is 51.5 Å². The lowest BCUT2D eigenvalue weighted by atomic mass is 10.2. The molecular formula is C11H18N4O3. The van der Waals surface area contributed by atoms with Crippen molar-refractivity contribution < 1.29 is 14.7 Å². The molecule has 1 heterocycles. The summed E-state index contributed by atoms with van der Waals surface area (Å²) in [4.78, 5) is 21.9. The van der Waals surface area contributed by atoms with Crippen molar-refractivity contribution in [2.24, 2.45) is 0 Å². The Bertz CT molecular complexity index is 428. The maximum Gasteiger partial charge on any atom is 0.303 e. The zero-order chi connectivity index (χ0) is 13.7. The van der Waals surface area contributed by atoms with E-state index in [1.54, 1.807) is 13.3 Å². The van der Waals surface area contributed by atoms with Crippen molar-refractivity contribution in [3.8, 4) is 0 Å². The summed E-state index contributed by atoms with van der Waals surface area (Å²) in [5.41, 5.74) is 0. The number of hydrogen-bond donors (Lipinski definition) is 2. The van der Waals surface area contributed by atoms with E-state index in [1.807, 2.05) is 18.4 Å². The lowest BCUT2D eigenvalue weighted by Gasteiger charge is -2.16. The number of nitrogens with one attached hydrogen (secondary N) is 1. The minimum absolute atomic E-state index is 0.0323. The number of carbonyl (C=O) groups is 2. The summed E-state index contributed by atoms with van der Waals surface area (Å²) < 4.78 is 1.86. The van der Waals surface area contributed by atoms with Gasteiger partial charge in [0.25, 0.3) is 0 Å². The van der Waals surface area contributed by atoms with E-state index in [1.165, 1.54) is 0 Å². The van der Waals surface area contributed by atoms with E-state index in [-0.39, 0.29) is 30.8 Å². The summed E-state index contributed by atoms with van der Waals surface area (Å²) in [5.74, 6) is -0.625. The SMILES string of the molecule is CC(C)n1cnnc1[C@@H](C)NC(=O)CCC(=O)O. The van der Waals surface area contributed by atoms with E-state index in [2.05, 4.69) is 15.5 Å². The molecule has 7 heteroatoms. The number of aliphatic carboxylic acids is 1. The van der Waals surface area contributed by atoms with Crippen LogP contribution in [0.4, 0.5) is 0 Å². The summed E-state index contributed by atoms with van der Waals surface area (Å²) in [6.45, 7) is 5.78. The lowest BCUT2D eigenvalue weighted by Crippen LogP contribution is -2.29. The van der Waals surface area contributed by atoms with Gasteiger partial charge in [0.05, 0.1) is 12.5 Å². The third kappa shape index (κ3) is 3.83. The standard InChI is InChI=1S/C11H18N4O3/c1-7(2)15-6-12-14-11(15)8(3)13-9(16)4-5-10(17)18/h6-8H,4-5H2,1-3H3,(H,13,16)(H,17,18)/t8-/m1/s1. The van der Waals surface area contributed by atoms with E-state index in [4.69, 9.17) is 5.11 Å². The molecule has 0 saturated heterocycles. The molecule has 0 spiro atoms. The maximum atomic E-state index is 11.5. The van der Waals surface area contributed by atoms with Crippen molar-refractivity contribution in [3.63, 3.8) is 0 Å². The smallest absolute Gasteiger partial charge is 0.303 e. The van der Waals surface area contributed by atoms with Gasteiger partial charge in [-0.1, -0.05) is 0 Å². The van der Waals surface area contributed by atoms with Gasteiger partial charge in [-0.15, -0.1) is 10.2 Å². The minimum Gasteiger partial charge on any atom is -0.481 e. The quantitative estimate of drug-likeness (QED) is 0.786. The second-order valence-corrected chi connectivity index (χ2v) is 4.37. The minimum atomic E-state index is -0.983. The van der Waals surface area contributed by atoms with Crippen LogP contribution in [-0.2, 0) is 9.59 Å². The van der Waals surface area contributed by atoms with E-state index in [0.29, 0.717) is 5.82 Å². The van der Waals surface area contributed by atoms with Gasteiger partial charge in [0, 0.05) is 12.5 Å². The van der Waals surface area contributed by atoms with Gasteiger partial charge in [-0.25, -0.2) is 0 Å². The normalized spacial score (nSPS) is 12.4. The van der Waals surface area contributed by atoms with Crippen LogP contribution in [-0.4, -0.2) is 31.7 Å². The molecule has 0 unspecified atom stereocenters. The molecule has 1 aromatic rings. The average Bonchev–Trinajstić information content (AvgIpc) is 2.75. The fourth-order valence-corrected chi connectivity index (χ4v) is 1.56. The number of carbonyl (C=O) groups excluding carboxylic acids is 1. The number of amides is 1. The van der Waals surface area contributed by atoms with Crippen LogP contribution in [0.5, 0.6) is 0 Å². The highest BCUT2D eigenvalue weighted by molar-refractivity contribution is 5.80. The first-order valence-corrected chi connectivity index (χ1v) is 5.82.